The second kappa shape index (κ2) is 11.0. The number of ether oxygens (including phenoxy) is 1. The van der Waals surface area contributed by atoms with Crippen LogP contribution in [0.1, 0.15) is 32.1 Å². The van der Waals surface area contributed by atoms with Crippen LogP contribution in [0.5, 0.6) is 0 Å². The molecule has 172 valence electrons. The van der Waals surface area contributed by atoms with Crippen molar-refractivity contribution in [3.8, 4) is 11.3 Å². The molecule has 2 fully saturated rings. The van der Waals surface area contributed by atoms with Crippen molar-refractivity contribution in [1.29, 1.82) is 0 Å². The Morgan fingerprint density at radius 3 is 2.88 bits per heavy atom. The van der Waals surface area contributed by atoms with Crippen molar-refractivity contribution in [2.75, 3.05) is 50.5 Å². The van der Waals surface area contributed by atoms with E-state index >= 15 is 0 Å². The first-order chi connectivity index (χ1) is 15.6. The Bertz CT molecular complexity index is 921. The summed E-state index contributed by atoms with van der Waals surface area (Å²) in [7, 11) is 2.06. The molecule has 0 saturated carbocycles. The van der Waals surface area contributed by atoms with Crippen LogP contribution in [0, 0.1) is 11.8 Å². The Morgan fingerprint density at radius 2 is 2.03 bits per heavy atom. The highest BCUT2D eigenvalue weighted by molar-refractivity contribution is 6.33. The Hall–Kier alpha value is -2.29. The lowest BCUT2D eigenvalue weighted by Crippen LogP contribution is -2.32. The van der Waals surface area contributed by atoms with E-state index in [1.54, 1.807) is 24.7 Å². The van der Waals surface area contributed by atoms with E-state index < -0.39 is 0 Å². The van der Waals surface area contributed by atoms with E-state index in [0.717, 1.165) is 65.0 Å². The number of likely N-dealkylation sites (tertiary alicyclic amines) is 1. The molecule has 8 nitrogen and oxygen atoms in total. The maximum absolute atomic E-state index is 12.8. The second-order valence-electron chi connectivity index (χ2n) is 8.72. The molecule has 0 aromatic carbocycles. The van der Waals surface area contributed by atoms with E-state index in [4.69, 9.17) is 16.3 Å². The van der Waals surface area contributed by atoms with Gasteiger partial charge in [-0.05, 0) is 51.3 Å². The van der Waals surface area contributed by atoms with Crippen LogP contribution in [0.25, 0.3) is 11.3 Å². The van der Waals surface area contributed by atoms with Gasteiger partial charge in [0.15, 0.2) is 0 Å². The van der Waals surface area contributed by atoms with Gasteiger partial charge in [0.25, 0.3) is 0 Å². The molecule has 0 bridgehead atoms. The molecule has 1 amide bonds. The highest BCUT2D eigenvalue weighted by Crippen LogP contribution is 2.29. The van der Waals surface area contributed by atoms with E-state index in [1.807, 2.05) is 0 Å². The molecule has 2 aromatic heterocycles. The average Bonchev–Trinajstić information content (AvgIpc) is 3.04. The van der Waals surface area contributed by atoms with Crippen LogP contribution >= 0.6 is 11.6 Å². The Labute approximate surface area is 194 Å². The fourth-order valence-corrected chi connectivity index (χ4v) is 4.46. The number of nitrogens with zero attached hydrogens (tertiary/aromatic N) is 4. The van der Waals surface area contributed by atoms with Crippen LogP contribution in [-0.2, 0) is 9.53 Å². The predicted octanol–water partition coefficient (Wildman–Crippen LogP) is 3.70. The largest absolute Gasteiger partial charge is 0.381 e. The van der Waals surface area contributed by atoms with Gasteiger partial charge in [-0.3, -0.25) is 9.78 Å². The SMILES string of the molecule is CN1CCCCC(C(=O)Nc2cc(-c3cncc(NCC4CCOCC4)n3)c(Cl)cn2)C1. The lowest BCUT2D eigenvalue weighted by molar-refractivity contribution is -0.120. The molecular formula is C23H31ClN6O2. The van der Waals surface area contributed by atoms with Crippen molar-refractivity contribution < 1.29 is 9.53 Å². The fraction of sp³-hybridized carbons (Fsp3) is 0.565. The van der Waals surface area contributed by atoms with Crippen molar-refractivity contribution >= 4 is 29.1 Å². The zero-order chi connectivity index (χ0) is 22.3. The standard InChI is InChI=1S/C23H31ClN6O2/c1-30-7-3-2-4-17(15-30)23(31)29-21-10-18(19(24)12-27-21)20-13-25-14-22(28-20)26-11-16-5-8-32-9-6-16/h10,12-14,16-17H,2-9,11,15H2,1H3,(H,26,28)(H,27,29,31). The monoisotopic (exact) mass is 458 g/mol. The summed E-state index contributed by atoms with van der Waals surface area (Å²) in [6.45, 7) is 4.26. The third-order valence-corrected chi connectivity index (χ3v) is 6.48. The summed E-state index contributed by atoms with van der Waals surface area (Å²) < 4.78 is 5.42. The van der Waals surface area contributed by atoms with Crippen LogP contribution in [-0.4, -0.2) is 65.7 Å². The number of amides is 1. The van der Waals surface area contributed by atoms with Gasteiger partial charge in [0.05, 0.1) is 29.0 Å². The van der Waals surface area contributed by atoms with E-state index in [2.05, 4.69) is 37.5 Å². The van der Waals surface area contributed by atoms with Crippen molar-refractivity contribution in [1.82, 2.24) is 19.9 Å². The Balaban J connectivity index is 1.44. The lowest BCUT2D eigenvalue weighted by atomic mass is 10.0. The molecule has 2 aromatic rings. The van der Waals surface area contributed by atoms with E-state index in [1.165, 1.54) is 0 Å². The number of halogens is 1. The van der Waals surface area contributed by atoms with Gasteiger partial charge in [0.2, 0.25) is 5.91 Å². The molecule has 4 rings (SSSR count). The quantitative estimate of drug-likeness (QED) is 0.681. The van der Waals surface area contributed by atoms with Gasteiger partial charge >= 0.3 is 0 Å². The first-order valence-electron chi connectivity index (χ1n) is 11.4. The third kappa shape index (κ3) is 6.15. The maximum atomic E-state index is 12.8. The van der Waals surface area contributed by atoms with Crippen LogP contribution < -0.4 is 10.6 Å². The molecule has 0 aliphatic carbocycles. The number of anilines is 2. The van der Waals surface area contributed by atoms with Crippen molar-refractivity contribution in [3.63, 3.8) is 0 Å². The van der Waals surface area contributed by atoms with Crippen LogP contribution in [0.2, 0.25) is 5.02 Å². The molecule has 4 heterocycles. The Kier molecular flexibility index (Phi) is 7.89. The molecule has 32 heavy (non-hydrogen) atoms. The first-order valence-corrected chi connectivity index (χ1v) is 11.8. The molecule has 0 radical (unpaired) electrons. The molecular weight excluding hydrogens is 428 g/mol. The minimum atomic E-state index is -0.0408. The third-order valence-electron chi connectivity index (χ3n) is 6.18. The summed E-state index contributed by atoms with van der Waals surface area (Å²) in [5, 5.41) is 6.82. The summed E-state index contributed by atoms with van der Waals surface area (Å²) in [6.07, 6.45) is 10.1. The van der Waals surface area contributed by atoms with Gasteiger partial charge in [-0.25, -0.2) is 9.97 Å². The Morgan fingerprint density at radius 1 is 1.19 bits per heavy atom. The summed E-state index contributed by atoms with van der Waals surface area (Å²) in [6, 6.07) is 1.77. The van der Waals surface area contributed by atoms with Gasteiger partial charge in [-0.2, -0.15) is 0 Å². The second-order valence-corrected chi connectivity index (χ2v) is 9.13. The minimum absolute atomic E-state index is 0.00233. The molecule has 1 unspecified atom stereocenters. The van der Waals surface area contributed by atoms with Crippen molar-refractivity contribution in [2.45, 2.75) is 32.1 Å². The van der Waals surface area contributed by atoms with Gasteiger partial charge in [-0.1, -0.05) is 18.0 Å². The normalized spacial score (nSPS) is 20.5. The molecule has 1 atom stereocenters. The number of aromatic nitrogens is 3. The van der Waals surface area contributed by atoms with Gasteiger partial charge in [-0.15, -0.1) is 0 Å². The van der Waals surface area contributed by atoms with Crippen LogP contribution in [0.15, 0.2) is 24.7 Å². The van der Waals surface area contributed by atoms with Gasteiger partial charge in [0.1, 0.15) is 11.6 Å². The summed E-state index contributed by atoms with van der Waals surface area (Å²) in [5.41, 5.74) is 1.33. The molecule has 0 spiro atoms. The first kappa shape index (κ1) is 22.9. The van der Waals surface area contributed by atoms with E-state index in [0.29, 0.717) is 33.8 Å². The average molecular weight is 459 g/mol. The number of hydrogen-bond donors (Lipinski definition) is 2. The number of pyridine rings is 1. The molecule has 2 saturated heterocycles. The smallest absolute Gasteiger partial charge is 0.229 e. The minimum Gasteiger partial charge on any atom is -0.381 e. The lowest BCUT2D eigenvalue weighted by Gasteiger charge is -2.22. The van der Waals surface area contributed by atoms with Gasteiger partial charge in [0, 0.05) is 38.1 Å². The van der Waals surface area contributed by atoms with Gasteiger partial charge < -0.3 is 20.3 Å². The predicted molar refractivity (Wildman–Crippen MR) is 126 cm³/mol. The highest BCUT2D eigenvalue weighted by atomic mass is 35.5. The summed E-state index contributed by atoms with van der Waals surface area (Å²) in [5.74, 6) is 1.71. The molecule has 9 heteroatoms. The molecule has 2 aliphatic rings. The zero-order valence-electron chi connectivity index (χ0n) is 18.5. The summed E-state index contributed by atoms with van der Waals surface area (Å²) >= 11 is 6.42. The highest BCUT2D eigenvalue weighted by Gasteiger charge is 2.23. The van der Waals surface area contributed by atoms with Crippen molar-refractivity contribution in [2.24, 2.45) is 11.8 Å². The fourth-order valence-electron chi connectivity index (χ4n) is 4.26. The number of rotatable bonds is 6. The summed E-state index contributed by atoms with van der Waals surface area (Å²) in [4.78, 5) is 28.4. The topological polar surface area (TPSA) is 92.3 Å². The van der Waals surface area contributed by atoms with Crippen molar-refractivity contribution in [3.05, 3.63) is 29.7 Å². The maximum Gasteiger partial charge on any atom is 0.229 e. The van der Waals surface area contributed by atoms with E-state index in [9.17, 15) is 4.79 Å². The number of carbonyl (C=O) groups excluding carboxylic acids is 1. The number of hydrogen-bond acceptors (Lipinski definition) is 7. The molecule has 2 aliphatic heterocycles. The number of carbonyl (C=O) groups is 1. The zero-order valence-corrected chi connectivity index (χ0v) is 19.3. The van der Waals surface area contributed by atoms with Crippen LogP contribution in [0.4, 0.5) is 11.6 Å². The van der Waals surface area contributed by atoms with E-state index in [-0.39, 0.29) is 11.8 Å². The number of nitrogens with one attached hydrogen (secondary N) is 2. The van der Waals surface area contributed by atoms with Crippen LogP contribution in [0.3, 0.4) is 0 Å². The molecule has 2 N–H and O–H groups in total.